The molecule has 1 heterocycles. The van der Waals surface area contributed by atoms with Crippen LogP contribution in [0.2, 0.25) is 0 Å². The van der Waals surface area contributed by atoms with Gasteiger partial charge in [-0.3, -0.25) is 0 Å². The zero-order valence-electron chi connectivity index (χ0n) is 6.62. The van der Waals surface area contributed by atoms with Crippen LogP contribution < -0.4 is 0 Å². The molecule has 2 rings (SSSR count). The van der Waals surface area contributed by atoms with Crippen molar-refractivity contribution in [2.75, 3.05) is 0 Å². The van der Waals surface area contributed by atoms with Crippen LogP contribution >= 0.6 is 39.9 Å². The lowest BCUT2D eigenvalue weighted by Gasteiger charge is -1.99. The molecular weight excluding hydrogens is 268 g/mol. The fourth-order valence-electron chi connectivity index (χ4n) is 1.21. The molecule has 1 N–H and O–H groups in total. The van der Waals surface area contributed by atoms with Gasteiger partial charge in [0, 0.05) is 15.6 Å². The van der Waals surface area contributed by atoms with Gasteiger partial charge in [0.15, 0.2) is 0 Å². The first-order valence-corrected chi connectivity index (χ1v) is 6.09. The minimum atomic E-state index is 0.343. The molecule has 1 aromatic carbocycles. The number of thiophene rings is 1. The second-order valence-corrected chi connectivity index (χ2v) is 5.17. The first-order chi connectivity index (χ1) is 6.20. The van der Waals surface area contributed by atoms with Crippen LogP contribution in [0.3, 0.4) is 0 Å². The van der Waals surface area contributed by atoms with Gasteiger partial charge in [-0.15, -0.1) is 24.0 Å². The minimum Gasteiger partial charge on any atom is -0.508 e. The first-order valence-electron chi connectivity index (χ1n) is 3.71. The number of phenolic OH excluding ortho intramolecular Hbond substituents is 1. The van der Waals surface area contributed by atoms with E-state index in [2.05, 4.69) is 28.6 Å². The number of alkyl halides is 1. The average Bonchev–Trinajstić information content (AvgIpc) is 2.42. The number of phenols is 1. The summed E-state index contributed by atoms with van der Waals surface area (Å²) in [7, 11) is 0. The van der Waals surface area contributed by atoms with Crippen molar-refractivity contribution in [2.24, 2.45) is 0 Å². The van der Waals surface area contributed by atoms with Crippen molar-refractivity contribution in [3.05, 3.63) is 23.8 Å². The third-order valence-electron chi connectivity index (χ3n) is 1.85. The van der Waals surface area contributed by atoms with Crippen LogP contribution in [0.4, 0.5) is 0 Å². The number of fused-ring (bicyclic) bond motifs is 1. The Balaban J connectivity index is 2.72. The minimum absolute atomic E-state index is 0.343. The zero-order valence-corrected chi connectivity index (χ0v) is 9.92. The SMILES string of the molecule is Oc1cc2cc(S)sc2cc1CBr. The van der Waals surface area contributed by atoms with Crippen molar-refractivity contribution in [1.29, 1.82) is 0 Å². The van der Waals surface area contributed by atoms with Crippen LogP contribution in [0.15, 0.2) is 22.4 Å². The molecule has 0 radical (unpaired) electrons. The van der Waals surface area contributed by atoms with Gasteiger partial charge in [-0.25, -0.2) is 0 Å². The molecule has 0 aliphatic rings. The summed E-state index contributed by atoms with van der Waals surface area (Å²) < 4.78 is 2.14. The Morgan fingerprint density at radius 1 is 1.38 bits per heavy atom. The molecule has 0 aliphatic carbocycles. The van der Waals surface area contributed by atoms with E-state index in [1.54, 1.807) is 17.4 Å². The number of hydrogen-bond acceptors (Lipinski definition) is 3. The second kappa shape index (κ2) is 3.52. The van der Waals surface area contributed by atoms with Crippen molar-refractivity contribution in [3.8, 4) is 5.75 Å². The van der Waals surface area contributed by atoms with E-state index in [9.17, 15) is 5.11 Å². The fourth-order valence-corrected chi connectivity index (χ4v) is 2.94. The number of thiol groups is 1. The Labute approximate surface area is 93.9 Å². The lowest BCUT2D eigenvalue weighted by atomic mass is 10.2. The highest BCUT2D eigenvalue weighted by Crippen LogP contribution is 2.33. The van der Waals surface area contributed by atoms with Crippen molar-refractivity contribution in [1.82, 2.24) is 0 Å². The molecule has 0 atom stereocenters. The molecule has 0 amide bonds. The van der Waals surface area contributed by atoms with Gasteiger partial charge in [0.2, 0.25) is 0 Å². The highest BCUT2D eigenvalue weighted by Gasteiger charge is 2.04. The maximum absolute atomic E-state index is 9.57. The van der Waals surface area contributed by atoms with E-state index in [1.807, 2.05) is 12.1 Å². The zero-order chi connectivity index (χ0) is 9.42. The molecule has 0 bridgehead atoms. The number of benzene rings is 1. The van der Waals surface area contributed by atoms with Crippen LogP contribution in [-0.2, 0) is 5.33 Å². The molecule has 0 fully saturated rings. The van der Waals surface area contributed by atoms with E-state index in [0.717, 1.165) is 19.9 Å². The summed E-state index contributed by atoms with van der Waals surface area (Å²) in [5.74, 6) is 0.343. The molecule has 1 aromatic heterocycles. The van der Waals surface area contributed by atoms with E-state index in [0.29, 0.717) is 11.1 Å². The van der Waals surface area contributed by atoms with Crippen LogP contribution in [0.5, 0.6) is 5.75 Å². The van der Waals surface area contributed by atoms with Gasteiger partial charge in [0.25, 0.3) is 0 Å². The molecule has 1 nitrogen and oxygen atoms in total. The van der Waals surface area contributed by atoms with E-state index in [-0.39, 0.29) is 0 Å². The van der Waals surface area contributed by atoms with E-state index in [4.69, 9.17) is 0 Å². The van der Waals surface area contributed by atoms with Crippen molar-refractivity contribution in [2.45, 2.75) is 9.54 Å². The van der Waals surface area contributed by atoms with E-state index in [1.165, 1.54) is 0 Å². The summed E-state index contributed by atoms with van der Waals surface area (Å²) >= 11 is 9.21. The van der Waals surface area contributed by atoms with Gasteiger partial charge >= 0.3 is 0 Å². The molecule has 0 aliphatic heterocycles. The predicted octanol–water partition coefficient (Wildman–Crippen LogP) is 3.79. The summed E-state index contributed by atoms with van der Waals surface area (Å²) in [6.07, 6.45) is 0. The summed E-state index contributed by atoms with van der Waals surface area (Å²) in [5.41, 5.74) is 0.919. The topological polar surface area (TPSA) is 20.2 Å². The number of aromatic hydroxyl groups is 1. The highest BCUT2D eigenvalue weighted by molar-refractivity contribution is 9.08. The fraction of sp³-hybridized carbons (Fsp3) is 0.111. The number of hydrogen-bond donors (Lipinski definition) is 2. The maximum atomic E-state index is 9.57. The summed E-state index contributed by atoms with van der Waals surface area (Å²) in [6.45, 7) is 0. The molecule has 0 spiro atoms. The van der Waals surface area contributed by atoms with Crippen LogP contribution in [-0.4, -0.2) is 5.11 Å². The van der Waals surface area contributed by atoms with Crippen molar-refractivity contribution >= 4 is 50.0 Å². The molecule has 2 aromatic rings. The van der Waals surface area contributed by atoms with Crippen LogP contribution in [0.1, 0.15) is 5.56 Å². The van der Waals surface area contributed by atoms with Crippen molar-refractivity contribution in [3.63, 3.8) is 0 Å². The largest absolute Gasteiger partial charge is 0.508 e. The lowest BCUT2D eigenvalue weighted by Crippen LogP contribution is -1.77. The summed E-state index contributed by atoms with van der Waals surface area (Å²) in [4.78, 5) is 0. The second-order valence-electron chi connectivity index (χ2n) is 2.74. The molecule has 0 unspecified atom stereocenters. The Bertz CT molecular complexity index is 450. The Kier molecular flexibility index (Phi) is 2.53. The van der Waals surface area contributed by atoms with Gasteiger partial charge < -0.3 is 5.11 Å². The predicted molar refractivity (Wildman–Crippen MR) is 63.4 cm³/mol. The Hall–Kier alpha value is -0.190. The third-order valence-corrected chi connectivity index (χ3v) is 3.76. The number of rotatable bonds is 1. The van der Waals surface area contributed by atoms with Gasteiger partial charge in [0.1, 0.15) is 5.75 Å². The molecule has 0 saturated heterocycles. The van der Waals surface area contributed by atoms with Gasteiger partial charge in [-0.2, -0.15) is 0 Å². The Morgan fingerprint density at radius 3 is 2.85 bits per heavy atom. The third kappa shape index (κ3) is 1.71. The monoisotopic (exact) mass is 274 g/mol. The normalized spacial score (nSPS) is 10.9. The smallest absolute Gasteiger partial charge is 0.120 e. The van der Waals surface area contributed by atoms with Crippen molar-refractivity contribution < 1.29 is 5.11 Å². The molecular formula is C9H7BrOS2. The van der Waals surface area contributed by atoms with Gasteiger partial charge in [-0.1, -0.05) is 15.9 Å². The van der Waals surface area contributed by atoms with E-state index < -0.39 is 0 Å². The Morgan fingerprint density at radius 2 is 2.15 bits per heavy atom. The maximum Gasteiger partial charge on any atom is 0.120 e. The average molecular weight is 275 g/mol. The van der Waals surface area contributed by atoms with Crippen LogP contribution in [0.25, 0.3) is 10.1 Å². The standard InChI is InChI=1S/C9H7BrOS2/c10-4-6-2-8-5(1-7(6)11)3-9(12)13-8/h1-3,11-12H,4H2. The molecule has 13 heavy (non-hydrogen) atoms. The van der Waals surface area contributed by atoms with Crippen LogP contribution in [0, 0.1) is 0 Å². The quantitative estimate of drug-likeness (QED) is 0.599. The lowest BCUT2D eigenvalue weighted by molar-refractivity contribution is 0.472. The molecule has 68 valence electrons. The highest BCUT2D eigenvalue weighted by atomic mass is 79.9. The van der Waals surface area contributed by atoms with E-state index >= 15 is 0 Å². The van der Waals surface area contributed by atoms with Gasteiger partial charge in [0.05, 0.1) is 4.21 Å². The summed E-state index contributed by atoms with van der Waals surface area (Å²) in [6, 6.07) is 5.73. The first kappa shape index (κ1) is 9.37. The van der Waals surface area contributed by atoms with Gasteiger partial charge in [-0.05, 0) is 23.6 Å². The number of halogens is 1. The molecule has 0 saturated carbocycles. The molecule has 4 heteroatoms. The summed E-state index contributed by atoms with van der Waals surface area (Å²) in [5, 5.41) is 11.3.